The molecule has 2 heterocycles. The van der Waals surface area contributed by atoms with Crippen LogP contribution in [0.5, 0.6) is 5.88 Å². The summed E-state index contributed by atoms with van der Waals surface area (Å²) >= 11 is 6.17. The number of hydrogen-bond donors (Lipinski definition) is 1. The fraction of sp³-hybridized carbons (Fsp3) is 0.643. The lowest BCUT2D eigenvalue weighted by Crippen LogP contribution is -2.17. The second-order valence-corrected chi connectivity index (χ2v) is 5.16. The van der Waals surface area contributed by atoms with Crippen LogP contribution in [-0.4, -0.2) is 30.8 Å². The maximum atomic E-state index is 6.17. The van der Waals surface area contributed by atoms with Crippen LogP contribution in [0.3, 0.4) is 0 Å². The first kappa shape index (κ1) is 14.6. The monoisotopic (exact) mass is 284 g/mol. The van der Waals surface area contributed by atoms with Crippen LogP contribution in [0.1, 0.15) is 31.7 Å². The number of nitrogens with zero attached hydrogens (tertiary/aromatic N) is 1. The predicted molar refractivity (Wildman–Crippen MR) is 75.7 cm³/mol. The second kappa shape index (κ2) is 7.68. The van der Waals surface area contributed by atoms with Gasteiger partial charge in [-0.15, -0.1) is 0 Å². The quantitative estimate of drug-likeness (QED) is 0.782. The Morgan fingerprint density at radius 1 is 1.58 bits per heavy atom. The minimum absolute atomic E-state index is 0.184. The normalized spacial score (nSPS) is 18.7. The van der Waals surface area contributed by atoms with Crippen LogP contribution in [0.4, 0.5) is 0 Å². The molecule has 0 amide bonds. The molecule has 0 aliphatic carbocycles. The van der Waals surface area contributed by atoms with E-state index in [1.807, 2.05) is 6.07 Å². The van der Waals surface area contributed by atoms with Crippen LogP contribution >= 0.6 is 11.6 Å². The summed E-state index contributed by atoms with van der Waals surface area (Å²) < 4.78 is 11.1. The molecule has 1 atom stereocenters. The number of aromatic nitrogens is 1. The van der Waals surface area contributed by atoms with E-state index in [2.05, 4.69) is 17.2 Å². The van der Waals surface area contributed by atoms with Gasteiger partial charge < -0.3 is 14.8 Å². The molecule has 1 unspecified atom stereocenters. The van der Waals surface area contributed by atoms with E-state index in [1.54, 1.807) is 6.20 Å². The summed E-state index contributed by atoms with van der Waals surface area (Å²) in [7, 11) is 0. The summed E-state index contributed by atoms with van der Waals surface area (Å²) in [6.07, 6.45) is 5.26. The maximum absolute atomic E-state index is 6.17. The van der Waals surface area contributed by atoms with Gasteiger partial charge in [0.25, 0.3) is 0 Å². The smallest absolute Gasteiger partial charge is 0.232 e. The molecule has 0 spiro atoms. The molecule has 4 nitrogen and oxygen atoms in total. The van der Waals surface area contributed by atoms with E-state index < -0.39 is 0 Å². The summed E-state index contributed by atoms with van der Waals surface area (Å²) in [5, 5.41) is 3.88. The van der Waals surface area contributed by atoms with Crippen LogP contribution in [0.25, 0.3) is 0 Å². The third kappa shape index (κ3) is 4.64. The van der Waals surface area contributed by atoms with Gasteiger partial charge in [0.2, 0.25) is 5.88 Å². The van der Waals surface area contributed by atoms with Crippen molar-refractivity contribution in [2.45, 2.75) is 38.8 Å². The third-order valence-electron chi connectivity index (χ3n) is 3.05. The molecule has 1 aliphatic heterocycles. The highest BCUT2D eigenvalue weighted by Gasteiger charge is 2.17. The van der Waals surface area contributed by atoms with Gasteiger partial charge in [-0.05, 0) is 37.4 Å². The van der Waals surface area contributed by atoms with E-state index in [0.29, 0.717) is 17.5 Å². The fourth-order valence-electron chi connectivity index (χ4n) is 2.03. The molecule has 5 heteroatoms. The van der Waals surface area contributed by atoms with Crippen molar-refractivity contribution in [1.29, 1.82) is 0 Å². The molecule has 19 heavy (non-hydrogen) atoms. The zero-order valence-corrected chi connectivity index (χ0v) is 12.1. The molecule has 1 fully saturated rings. The predicted octanol–water partition coefficient (Wildman–Crippen LogP) is 2.79. The largest absolute Gasteiger partial charge is 0.474 e. The lowest BCUT2D eigenvalue weighted by Gasteiger charge is -2.12. The van der Waals surface area contributed by atoms with Gasteiger partial charge in [0.15, 0.2) is 0 Å². The van der Waals surface area contributed by atoms with Gasteiger partial charge in [-0.3, -0.25) is 0 Å². The van der Waals surface area contributed by atoms with Gasteiger partial charge in [0, 0.05) is 19.3 Å². The second-order valence-electron chi connectivity index (χ2n) is 4.75. The molecule has 1 N–H and O–H groups in total. The molecule has 106 valence electrons. The van der Waals surface area contributed by atoms with Crippen molar-refractivity contribution in [3.8, 4) is 5.88 Å². The molecular formula is C14H21ClN2O2. The molecule has 0 radical (unpaired) electrons. The fourth-order valence-corrected chi connectivity index (χ4v) is 2.27. The minimum atomic E-state index is 0.184. The van der Waals surface area contributed by atoms with Gasteiger partial charge in [0.1, 0.15) is 11.6 Å². The average molecular weight is 285 g/mol. The molecular weight excluding hydrogens is 264 g/mol. The van der Waals surface area contributed by atoms with Crippen molar-refractivity contribution in [2.24, 2.45) is 0 Å². The Kier molecular flexibility index (Phi) is 5.89. The van der Waals surface area contributed by atoms with E-state index in [0.717, 1.165) is 44.5 Å². The molecule has 1 aromatic heterocycles. The van der Waals surface area contributed by atoms with E-state index >= 15 is 0 Å². The van der Waals surface area contributed by atoms with Gasteiger partial charge >= 0.3 is 0 Å². The van der Waals surface area contributed by atoms with Gasteiger partial charge in [0.05, 0.1) is 6.10 Å². The van der Waals surface area contributed by atoms with Crippen molar-refractivity contribution in [2.75, 3.05) is 19.8 Å². The van der Waals surface area contributed by atoms with E-state index in [-0.39, 0.29) is 6.10 Å². The number of pyridine rings is 1. The summed E-state index contributed by atoms with van der Waals surface area (Å²) in [5.74, 6) is 0.497. The van der Waals surface area contributed by atoms with Crippen molar-refractivity contribution in [3.05, 3.63) is 22.8 Å². The van der Waals surface area contributed by atoms with Crippen LogP contribution in [0, 0.1) is 0 Å². The number of nitrogens with one attached hydrogen (secondary N) is 1. The van der Waals surface area contributed by atoms with Crippen molar-refractivity contribution in [1.82, 2.24) is 10.3 Å². The van der Waals surface area contributed by atoms with Crippen LogP contribution in [0.2, 0.25) is 5.02 Å². The number of rotatable bonds is 7. The standard InChI is InChI=1S/C14H21ClN2O2/c1-2-5-16-8-11-7-13(15)14(17-9-11)19-10-12-4-3-6-18-12/h7,9,12,16H,2-6,8,10H2,1H3. The number of hydrogen-bond acceptors (Lipinski definition) is 4. The Hall–Kier alpha value is -0.840. The third-order valence-corrected chi connectivity index (χ3v) is 3.32. The van der Waals surface area contributed by atoms with Crippen LogP contribution in [0.15, 0.2) is 12.3 Å². The molecule has 1 saturated heterocycles. The topological polar surface area (TPSA) is 43.4 Å². The Bertz CT molecular complexity index is 395. The number of halogens is 1. The first-order valence-corrected chi connectivity index (χ1v) is 7.27. The first-order valence-electron chi connectivity index (χ1n) is 6.89. The molecule has 0 bridgehead atoms. The summed E-state index contributed by atoms with van der Waals surface area (Å²) in [6.45, 7) is 5.28. The zero-order chi connectivity index (χ0) is 13.5. The molecule has 0 aromatic carbocycles. The summed E-state index contributed by atoms with van der Waals surface area (Å²) in [4.78, 5) is 4.27. The van der Waals surface area contributed by atoms with Crippen molar-refractivity contribution >= 4 is 11.6 Å². The highest BCUT2D eigenvalue weighted by atomic mass is 35.5. The highest BCUT2D eigenvalue weighted by molar-refractivity contribution is 6.31. The maximum Gasteiger partial charge on any atom is 0.232 e. The summed E-state index contributed by atoms with van der Waals surface area (Å²) in [6, 6.07) is 1.90. The first-order chi connectivity index (χ1) is 9.29. The Balaban J connectivity index is 1.83. The van der Waals surface area contributed by atoms with E-state index in [9.17, 15) is 0 Å². The van der Waals surface area contributed by atoms with Crippen LogP contribution < -0.4 is 10.1 Å². The minimum Gasteiger partial charge on any atom is -0.474 e. The lowest BCUT2D eigenvalue weighted by atomic mass is 10.2. The molecule has 1 aromatic rings. The van der Waals surface area contributed by atoms with Crippen molar-refractivity contribution < 1.29 is 9.47 Å². The SMILES string of the molecule is CCCNCc1cnc(OCC2CCCO2)c(Cl)c1. The van der Waals surface area contributed by atoms with Crippen molar-refractivity contribution in [3.63, 3.8) is 0 Å². The van der Waals surface area contributed by atoms with Gasteiger partial charge in [-0.1, -0.05) is 18.5 Å². The van der Waals surface area contributed by atoms with E-state index in [1.165, 1.54) is 0 Å². The van der Waals surface area contributed by atoms with Gasteiger partial charge in [-0.2, -0.15) is 0 Å². The Morgan fingerprint density at radius 2 is 2.47 bits per heavy atom. The Labute approximate surface area is 119 Å². The van der Waals surface area contributed by atoms with E-state index in [4.69, 9.17) is 21.1 Å². The molecule has 1 aliphatic rings. The van der Waals surface area contributed by atoms with Gasteiger partial charge in [-0.25, -0.2) is 4.98 Å². The molecule has 0 saturated carbocycles. The summed E-state index contributed by atoms with van der Waals surface area (Å²) in [5.41, 5.74) is 1.07. The van der Waals surface area contributed by atoms with Crippen LogP contribution in [-0.2, 0) is 11.3 Å². The lowest BCUT2D eigenvalue weighted by molar-refractivity contribution is 0.0664. The average Bonchev–Trinajstić information content (AvgIpc) is 2.91. The zero-order valence-electron chi connectivity index (χ0n) is 11.3. The molecule has 2 rings (SSSR count). The number of ether oxygens (including phenoxy) is 2. The Morgan fingerprint density at radius 3 is 3.16 bits per heavy atom. The highest BCUT2D eigenvalue weighted by Crippen LogP contribution is 2.23.